The lowest BCUT2D eigenvalue weighted by atomic mass is 10.0. The van der Waals surface area contributed by atoms with E-state index in [1.165, 1.54) is 4.90 Å². The third-order valence-electron chi connectivity index (χ3n) is 5.25. The molecule has 7 heteroatoms. The van der Waals surface area contributed by atoms with Crippen LogP contribution >= 0.6 is 0 Å². The van der Waals surface area contributed by atoms with Crippen molar-refractivity contribution in [2.45, 2.75) is 37.8 Å². The summed E-state index contributed by atoms with van der Waals surface area (Å²) in [6.07, 6.45) is 5.26. The predicted molar refractivity (Wildman–Crippen MR) is 92.9 cm³/mol. The average Bonchev–Trinajstić information content (AvgIpc) is 3.18. The number of piperidine rings is 1. The van der Waals surface area contributed by atoms with Crippen LogP contribution in [-0.4, -0.2) is 47.9 Å². The molecule has 1 aromatic carbocycles. The van der Waals surface area contributed by atoms with Crippen LogP contribution in [0.3, 0.4) is 0 Å². The standard InChI is InChI=1S/C18H21N4O3/c19-17(24)16-14-4-3-11-21(14)18(25)22(16)13-8-6-12(7-9-13)20-10-2-1-5-15(20)23/h4,6-9,14,16H,1-3,5,10-11H2,(H2,19,24)/t14-,16?/m1/s1. The number of hydrogen-bond donors (Lipinski definition) is 1. The molecule has 2 atom stereocenters. The number of hydrogen-bond acceptors (Lipinski definition) is 3. The van der Waals surface area contributed by atoms with Gasteiger partial charge in [-0.15, -0.1) is 0 Å². The number of benzene rings is 1. The van der Waals surface area contributed by atoms with Gasteiger partial charge in [0, 0.05) is 30.9 Å². The molecule has 1 aromatic rings. The number of urea groups is 1. The van der Waals surface area contributed by atoms with Gasteiger partial charge >= 0.3 is 6.03 Å². The van der Waals surface area contributed by atoms with Gasteiger partial charge in [-0.2, -0.15) is 0 Å². The number of carbonyl (C=O) groups is 3. The maximum atomic E-state index is 12.7. The van der Waals surface area contributed by atoms with E-state index >= 15 is 0 Å². The van der Waals surface area contributed by atoms with Gasteiger partial charge in [0.2, 0.25) is 11.8 Å². The third kappa shape index (κ3) is 2.54. The first-order valence-electron chi connectivity index (χ1n) is 8.71. The van der Waals surface area contributed by atoms with Crippen LogP contribution in [0.5, 0.6) is 0 Å². The minimum absolute atomic E-state index is 0.126. The van der Waals surface area contributed by atoms with E-state index in [1.807, 2.05) is 18.6 Å². The molecule has 131 valence electrons. The van der Waals surface area contributed by atoms with E-state index < -0.39 is 11.9 Å². The molecule has 3 aliphatic heterocycles. The number of rotatable bonds is 3. The van der Waals surface area contributed by atoms with Crippen LogP contribution in [0.25, 0.3) is 0 Å². The van der Waals surface area contributed by atoms with Gasteiger partial charge in [-0.3, -0.25) is 14.5 Å². The molecule has 3 saturated heterocycles. The summed E-state index contributed by atoms with van der Waals surface area (Å²) in [5.74, 6) is -0.379. The Morgan fingerprint density at radius 3 is 2.44 bits per heavy atom. The second-order valence-electron chi connectivity index (χ2n) is 6.73. The second-order valence-corrected chi connectivity index (χ2v) is 6.73. The Balaban J connectivity index is 1.61. The van der Waals surface area contributed by atoms with Crippen molar-refractivity contribution in [2.75, 3.05) is 22.9 Å². The van der Waals surface area contributed by atoms with Crippen LogP contribution in [0.15, 0.2) is 24.3 Å². The summed E-state index contributed by atoms with van der Waals surface area (Å²) in [4.78, 5) is 41.7. The Kier molecular flexibility index (Phi) is 3.86. The number of nitrogens with zero attached hydrogens (tertiary/aromatic N) is 3. The van der Waals surface area contributed by atoms with E-state index in [2.05, 4.69) is 0 Å². The van der Waals surface area contributed by atoms with Crippen LogP contribution < -0.4 is 15.5 Å². The van der Waals surface area contributed by atoms with E-state index in [0.29, 0.717) is 18.7 Å². The van der Waals surface area contributed by atoms with Gasteiger partial charge in [-0.25, -0.2) is 4.79 Å². The quantitative estimate of drug-likeness (QED) is 0.898. The summed E-state index contributed by atoms with van der Waals surface area (Å²) >= 11 is 0. The highest BCUT2D eigenvalue weighted by Crippen LogP contribution is 2.35. The Labute approximate surface area is 146 Å². The number of nitrogens with two attached hydrogens (primary N) is 1. The van der Waals surface area contributed by atoms with Crippen LogP contribution in [0.2, 0.25) is 0 Å². The lowest BCUT2D eigenvalue weighted by molar-refractivity contribution is -0.120. The fourth-order valence-electron chi connectivity index (χ4n) is 4.03. The minimum Gasteiger partial charge on any atom is -0.368 e. The smallest absolute Gasteiger partial charge is 0.325 e. The third-order valence-corrected chi connectivity index (χ3v) is 5.25. The number of fused-ring (bicyclic) bond motifs is 1. The zero-order valence-electron chi connectivity index (χ0n) is 13.9. The van der Waals surface area contributed by atoms with Gasteiger partial charge in [-0.1, -0.05) is 0 Å². The van der Waals surface area contributed by atoms with Crippen molar-refractivity contribution >= 4 is 29.2 Å². The summed E-state index contributed by atoms with van der Waals surface area (Å²) in [6, 6.07) is 6.10. The minimum atomic E-state index is -0.683. The molecule has 0 saturated carbocycles. The largest absolute Gasteiger partial charge is 0.368 e. The maximum absolute atomic E-state index is 12.7. The van der Waals surface area contributed by atoms with Crippen molar-refractivity contribution < 1.29 is 14.4 Å². The van der Waals surface area contributed by atoms with Crippen molar-refractivity contribution in [1.29, 1.82) is 0 Å². The maximum Gasteiger partial charge on any atom is 0.325 e. The molecule has 2 N–H and O–H groups in total. The monoisotopic (exact) mass is 341 g/mol. The zero-order chi connectivity index (χ0) is 17.6. The molecule has 7 nitrogen and oxygen atoms in total. The van der Waals surface area contributed by atoms with Gasteiger partial charge in [-0.05, 0) is 49.9 Å². The van der Waals surface area contributed by atoms with E-state index in [1.54, 1.807) is 21.9 Å². The van der Waals surface area contributed by atoms with Crippen molar-refractivity contribution in [1.82, 2.24) is 4.90 Å². The molecule has 0 bridgehead atoms. The van der Waals surface area contributed by atoms with E-state index in [-0.39, 0.29) is 18.0 Å². The highest BCUT2D eigenvalue weighted by atomic mass is 16.2. The number of carbonyl (C=O) groups excluding carboxylic acids is 3. The van der Waals surface area contributed by atoms with Gasteiger partial charge in [0.25, 0.3) is 0 Å². The first-order chi connectivity index (χ1) is 12.1. The molecule has 25 heavy (non-hydrogen) atoms. The highest BCUT2D eigenvalue weighted by Gasteiger charge is 2.51. The van der Waals surface area contributed by atoms with Gasteiger partial charge in [0.15, 0.2) is 0 Å². The first kappa shape index (κ1) is 15.9. The Bertz CT molecular complexity index is 718. The fraction of sp³-hybridized carbons (Fsp3) is 0.444. The summed E-state index contributed by atoms with van der Waals surface area (Å²) < 4.78 is 0. The molecule has 3 heterocycles. The number of amides is 4. The summed E-state index contributed by atoms with van der Waals surface area (Å²) in [6.45, 7) is 1.33. The molecule has 4 rings (SSSR count). The van der Waals surface area contributed by atoms with E-state index in [9.17, 15) is 14.4 Å². The van der Waals surface area contributed by atoms with Gasteiger partial charge in [0.05, 0.1) is 6.04 Å². The van der Waals surface area contributed by atoms with Crippen molar-refractivity contribution in [2.24, 2.45) is 5.73 Å². The molecule has 0 spiro atoms. The zero-order valence-corrected chi connectivity index (χ0v) is 13.9. The Morgan fingerprint density at radius 1 is 1.04 bits per heavy atom. The lowest BCUT2D eigenvalue weighted by Crippen LogP contribution is -2.46. The normalized spacial score (nSPS) is 26.3. The molecule has 3 fully saturated rings. The molecule has 3 aliphatic rings. The molecule has 1 unspecified atom stereocenters. The summed E-state index contributed by atoms with van der Waals surface area (Å²) in [5.41, 5.74) is 7.03. The molecule has 4 amide bonds. The van der Waals surface area contributed by atoms with E-state index in [4.69, 9.17) is 5.73 Å². The molecular weight excluding hydrogens is 320 g/mol. The average molecular weight is 341 g/mol. The molecular formula is C18H21N4O3. The van der Waals surface area contributed by atoms with Gasteiger partial charge < -0.3 is 15.5 Å². The van der Waals surface area contributed by atoms with Crippen molar-refractivity contribution in [3.05, 3.63) is 30.7 Å². The summed E-state index contributed by atoms with van der Waals surface area (Å²) in [7, 11) is 0. The topological polar surface area (TPSA) is 86.9 Å². The predicted octanol–water partition coefficient (Wildman–Crippen LogP) is 1.28. The molecule has 1 radical (unpaired) electrons. The Hall–Kier alpha value is -2.57. The van der Waals surface area contributed by atoms with Crippen molar-refractivity contribution in [3.8, 4) is 0 Å². The molecule has 0 aliphatic carbocycles. The summed E-state index contributed by atoms with van der Waals surface area (Å²) in [5, 5.41) is 0. The number of anilines is 2. The van der Waals surface area contributed by atoms with Crippen LogP contribution in [-0.2, 0) is 9.59 Å². The molecule has 0 aromatic heterocycles. The van der Waals surface area contributed by atoms with Crippen LogP contribution in [0.4, 0.5) is 16.2 Å². The first-order valence-corrected chi connectivity index (χ1v) is 8.71. The lowest BCUT2D eigenvalue weighted by Gasteiger charge is -2.28. The van der Waals surface area contributed by atoms with Gasteiger partial charge in [0.1, 0.15) is 6.04 Å². The van der Waals surface area contributed by atoms with Crippen LogP contribution in [0.1, 0.15) is 25.7 Å². The fourth-order valence-corrected chi connectivity index (χ4v) is 4.03. The van der Waals surface area contributed by atoms with Crippen LogP contribution in [0, 0.1) is 6.42 Å². The number of primary amides is 1. The second kappa shape index (κ2) is 6.06. The highest BCUT2D eigenvalue weighted by molar-refractivity contribution is 6.04. The van der Waals surface area contributed by atoms with Crippen molar-refractivity contribution in [3.63, 3.8) is 0 Å². The SMILES string of the molecule is NC(=O)C1[C@H]2[CH]CCN2C(=O)N1c1ccc(N2CCCCC2=O)cc1. The van der Waals surface area contributed by atoms with E-state index in [0.717, 1.165) is 31.5 Å². The Morgan fingerprint density at radius 2 is 1.76 bits per heavy atom.